The normalized spacial score (nSPS) is 34.9. The highest BCUT2D eigenvalue weighted by atomic mass is 16.5. The fraction of sp³-hybridized carbons (Fsp3) is 0.889. The van der Waals surface area contributed by atoms with E-state index in [-0.39, 0.29) is 18.4 Å². The molecule has 1 fully saturated rings. The Kier molecular flexibility index (Phi) is 3.27. The summed E-state index contributed by atoms with van der Waals surface area (Å²) in [4.78, 5) is 10.6. The number of aliphatic hydroxyl groups is 1. The maximum atomic E-state index is 10.6. The molecule has 0 aromatic carbocycles. The van der Waals surface area contributed by atoms with Gasteiger partial charge in [0.1, 0.15) is 0 Å². The molecule has 2 N–H and O–H groups in total. The van der Waals surface area contributed by atoms with Crippen LogP contribution < -0.4 is 0 Å². The third-order valence-electron chi connectivity index (χ3n) is 2.35. The van der Waals surface area contributed by atoms with Gasteiger partial charge in [0, 0.05) is 6.42 Å². The van der Waals surface area contributed by atoms with Crippen LogP contribution in [0.15, 0.2) is 0 Å². The highest BCUT2D eigenvalue weighted by Gasteiger charge is 2.33. The predicted molar refractivity (Wildman–Crippen MR) is 46.4 cm³/mol. The van der Waals surface area contributed by atoms with Crippen molar-refractivity contribution in [3.05, 3.63) is 0 Å². The Labute approximate surface area is 77.5 Å². The summed E-state index contributed by atoms with van der Waals surface area (Å²) in [6.45, 7) is 3.92. The third kappa shape index (κ3) is 2.67. The number of hydrogen-bond acceptors (Lipinski definition) is 3. The Bertz CT molecular complexity index is 190. The van der Waals surface area contributed by atoms with Gasteiger partial charge in [0.25, 0.3) is 0 Å². The molecule has 13 heavy (non-hydrogen) atoms. The van der Waals surface area contributed by atoms with Crippen LogP contribution in [0.25, 0.3) is 0 Å². The first-order valence-electron chi connectivity index (χ1n) is 4.57. The first kappa shape index (κ1) is 10.5. The lowest BCUT2D eigenvalue weighted by Crippen LogP contribution is -2.42. The van der Waals surface area contributed by atoms with Gasteiger partial charge in [0.15, 0.2) is 6.10 Å². The van der Waals surface area contributed by atoms with Gasteiger partial charge in [-0.1, -0.05) is 13.8 Å². The van der Waals surface area contributed by atoms with Crippen LogP contribution in [-0.2, 0) is 9.53 Å². The van der Waals surface area contributed by atoms with Crippen LogP contribution in [0.4, 0.5) is 0 Å². The van der Waals surface area contributed by atoms with Gasteiger partial charge in [-0.25, -0.2) is 4.79 Å². The highest BCUT2D eigenvalue weighted by Crippen LogP contribution is 2.24. The highest BCUT2D eigenvalue weighted by molar-refractivity contribution is 5.72. The number of hydrogen-bond donors (Lipinski definition) is 2. The lowest BCUT2D eigenvalue weighted by molar-refractivity contribution is -0.169. The van der Waals surface area contributed by atoms with Crippen molar-refractivity contribution in [1.82, 2.24) is 0 Å². The number of rotatable bonds is 2. The first-order chi connectivity index (χ1) is 6.00. The maximum Gasteiger partial charge on any atom is 0.332 e. The standard InChI is InChI=1S/C9H16O4/c1-5(2)7-3-6(10)4-8(13-7)9(11)12/h5-8,10H,3-4H2,1-2H3,(H,11,12)/t6?,7?,8-/m0/s1. The second-order valence-electron chi connectivity index (χ2n) is 3.87. The van der Waals surface area contributed by atoms with Crippen LogP contribution in [0, 0.1) is 5.92 Å². The van der Waals surface area contributed by atoms with E-state index in [2.05, 4.69) is 0 Å². The number of aliphatic hydroxyl groups excluding tert-OH is 1. The zero-order chi connectivity index (χ0) is 10.0. The molecule has 0 aromatic heterocycles. The van der Waals surface area contributed by atoms with Crippen molar-refractivity contribution in [1.29, 1.82) is 0 Å². The second kappa shape index (κ2) is 4.07. The molecule has 1 rings (SSSR count). The summed E-state index contributed by atoms with van der Waals surface area (Å²) >= 11 is 0. The molecule has 4 heteroatoms. The van der Waals surface area contributed by atoms with E-state index < -0.39 is 18.2 Å². The molecular weight excluding hydrogens is 172 g/mol. The van der Waals surface area contributed by atoms with E-state index in [1.165, 1.54) is 0 Å². The summed E-state index contributed by atoms with van der Waals surface area (Å²) in [7, 11) is 0. The topological polar surface area (TPSA) is 66.8 Å². The molecule has 1 aliphatic heterocycles. The van der Waals surface area contributed by atoms with Gasteiger partial charge in [-0.05, 0) is 12.3 Å². The van der Waals surface area contributed by atoms with Crippen molar-refractivity contribution in [3.8, 4) is 0 Å². The number of aliphatic carboxylic acids is 1. The Morgan fingerprint density at radius 1 is 1.46 bits per heavy atom. The van der Waals surface area contributed by atoms with Crippen molar-refractivity contribution in [2.75, 3.05) is 0 Å². The molecule has 3 atom stereocenters. The molecule has 1 aliphatic rings. The van der Waals surface area contributed by atoms with Crippen molar-refractivity contribution < 1.29 is 19.7 Å². The molecule has 2 unspecified atom stereocenters. The molecule has 0 bridgehead atoms. The number of carbonyl (C=O) groups is 1. The predicted octanol–water partition coefficient (Wildman–Crippen LogP) is 0.635. The van der Waals surface area contributed by atoms with E-state index in [4.69, 9.17) is 9.84 Å². The Morgan fingerprint density at radius 2 is 2.08 bits per heavy atom. The van der Waals surface area contributed by atoms with E-state index in [1.54, 1.807) is 0 Å². The minimum absolute atomic E-state index is 0.134. The Hall–Kier alpha value is -0.610. The van der Waals surface area contributed by atoms with Crippen LogP contribution in [0.3, 0.4) is 0 Å². The lowest BCUT2D eigenvalue weighted by Gasteiger charge is -2.33. The third-order valence-corrected chi connectivity index (χ3v) is 2.35. The zero-order valence-corrected chi connectivity index (χ0v) is 7.93. The van der Waals surface area contributed by atoms with Crippen LogP contribution >= 0.6 is 0 Å². The largest absolute Gasteiger partial charge is 0.479 e. The van der Waals surface area contributed by atoms with Gasteiger partial charge in [-0.15, -0.1) is 0 Å². The lowest BCUT2D eigenvalue weighted by atomic mass is 9.94. The Balaban J connectivity index is 2.57. The maximum absolute atomic E-state index is 10.6. The van der Waals surface area contributed by atoms with Gasteiger partial charge in [-0.2, -0.15) is 0 Å². The molecule has 4 nitrogen and oxygen atoms in total. The Morgan fingerprint density at radius 3 is 2.54 bits per heavy atom. The zero-order valence-electron chi connectivity index (χ0n) is 7.93. The quantitative estimate of drug-likeness (QED) is 0.667. The molecule has 0 saturated carbocycles. The van der Waals surface area contributed by atoms with E-state index in [9.17, 15) is 9.90 Å². The van der Waals surface area contributed by atoms with E-state index in [1.807, 2.05) is 13.8 Å². The second-order valence-corrected chi connectivity index (χ2v) is 3.87. The molecule has 0 spiro atoms. The van der Waals surface area contributed by atoms with Gasteiger partial charge < -0.3 is 14.9 Å². The monoisotopic (exact) mass is 188 g/mol. The van der Waals surface area contributed by atoms with Crippen molar-refractivity contribution in [2.45, 2.75) is 45.0 Å². The molecule has 0 radical (unpaired) electrons. The van der Waals surface area contributed by atoms with Crippen LogP contribution in [0.5, 0.6) is 0 Å². The molecule has 1 heterocycles. The molecule has 0 aliphatic carbocycles. The summed E-state index contributed by atoms with van der Waals surface area (Å²) in [5, 5.41) is 18.1. The summed E-state index contributed by atoms with van der Waals surface area (Å²) < 4.78 is 5.32. The van der Waals surface area contributed by atoms with Crippen molar-refractivity contribution >= 4 is 5.97 Å². The van der Waals surface area contributed by atoms with Gasteiger partial charge in [-0.3, -0.25) is 0 Å². The smallest absolute Gasteiger partial charge is 0.332 e. The molecule has 1 saturated heterocycles. The number of carboxylic acid groups (broad SMARTS) is 1. The summed E-state index contributed by atoms with van der Waals surface area (Å²) in [6, 6.07) is 0. The minimum atomic E-state index is -0.982. The van der Waals surface area contributed by atoms with E-state index in [0.29, 0.717) is 6.42 Å². The molecule has 76 valence electrons. The molecule has 0 amide bonds. The fourth-order valence-corrected chi connectivity index (χ4v) is 1.52. The van der Waals surface area contributed by atoms with Crippen LogP contribution in [0.1, 0.15) is 26.7 Å². The number of ether oxygens (including phenoxy) is 1. The average molecular weight is 188 g/mol. The molecule has 0 aromatic rings. The first-order valence-corrected chi connectivity index (χ1v) is 4.57. The van der Waals surface area contributed by atoms with Gasteiger partial charge in [0.2, 0.25) is 0 Å². The SMILES string of the molecule is CC(C)C1CC(O)C[C@@H](C(=O)O)O1. The van der Waals surface area contributed by atoms with Crippen molar-refractivity contribution in [2.24, 2.45) is 5.92 Å². The summed E-state index contributed by atoms with van der Waals surface area (Å²) in [5.74, 6) is -0.735. The van der Waals surface area contributed by atoms with Crippen LogP contribution in [0.2, 0.25) is 0 Å². The van der Waals surface area contributed by atoms with E-state index in [0.717, 1.165) is 0 Å². The van der Waals surface area contributed by atoms with Gasteiger partial charge >= 0.3 is 5.97 Å². The number of carboxylic acids is 1. The summed E-state index contributed by atoms with van der Waals surface area (Å²) in [5.41, 5.74) is 0. The fourth-order valence-electron chi connectivity index (χ4n) is 1.52. The van der Waals surface area contributed by atoms with E-state index >= 15 is 0 Å². The summed E-state index contributed by atoms with van der Waals surface area (Å²) in [6.07, 6.45) is -0.761. The van der Waals surface area contributed by atoms with Gasteiger partial charge in [0.05, 0.1) is 12.2 Å². The van der Waals surface area contributed by atoms with Crippen molar-refractivity contribution in [3.63, 3.8) is 0 Å². The van der Waals surface area contributed by atoms with Crippen LogP contribution in [-0.4, -0.2) is 34.5 Å². The molecular formula is C9H16O4. The minimum Gasteiger partial charge on any atom is -0.479 e. The average Bonchev–Trinajstić information content (AvgIpc) is 2.03.